The van der Waals surface area contributed by atoms with Crippen LogP contribution in [-0.4, -0.2) is 5.11 Å². The highest BCUT2D eigenvalue weighted by Crippen LogP contribution is 2.40. The fourth-order valence-electron chi connectivity index (χ4n) is 0.880. The van der Waals surface area contributed by atoms with Crippen molar-refractivity contribution in [2.75, 3.05) is 0 Å². The van der Waals surface area contributed by atoms with Crippen LogP contribution in [0.5, 0.6) is 5.75 Å². The summed E-state index contributed by atoms with van der Waals surface area (Å²) in [5, 5.41) is 16.9. The number of phenolic OH excluding ortho intramolecular Hbond substituents is 1. The van der Waals surface area contributed by atoms with Crippen LogP contribution in [0.3, 0.4) is 0 Å². The topological polar surface area (TPSA) is 44.0 Å². The number of phenols is 1. The van der Waals surface area contributed by atoms with Gasteiger partial charge in [0.2, 0.25) is 0 Å². The van der Waals surface area contributed by atoms with Crippen molar-refractivity contribution in [2.24, 2.45) is 0 Å². The minimum atomic E-state index is -4.72. The molecule has 0 amide bonds. The van der Waals surface area contributed by atoms with Gasteiger partial charge in [0, 0.05) is 0 Å². The van der Waals surface area contributed by atoms with E-state index in [4.69, 9.17) is 22.0 Å². The third-order valence-corrected chi connectivity index (χ3v) is 1.79. The minimum Gasteiger partial charge on any atom is -0.506 e. The second-order valence-electron chi connectivity index (χ2n) is 2.46. The fraction of sp³-hybridized carbons (Fsp3) is 0.125. The van der Waals surface area contributed by atoms with Gasteiger partial charge in [-0.05, 0) is 12.1 Å². The number of alkyl halides is 3. The van der Waals surface area contributed by atoms with Crippen LogP contribution in [0.25, 0.3) is 0 Å². The molecule has 1 aromatic carbocycles. The maximum absolute atomic E-state index is 12.2. The van der Waals surface area contributed by atoms with E-state index in [9.17, 15) is 13.2 Å². The van der Waals surface area contributed by atoms with Gasteiger partial charge in [0.1, 0.15) is 11.3 Å². The van der Waals surface area contributed by atoms with E-state index in [1.165, 1.54) is 6.07 Å². The maximum atomic E-state index is 12.2. The molecule has 0 saturated carbocycles. The number of rotatable bonds is 0. The molecule has 14 heavy (non-hydrogen) atoms. The average molecular weight is 222 g/mol. The molecule has 0 aliphatic rings. The number of hydrogen-bond acceptors (Lipinski definition) is 2. The largest absolute Gasteiger partial charge is 0.506 e. The predicted molar refractivity (Wildman–Crippen MR) is 42.8 cm³/mol. The Labute approximate surface area is 82.1 Å². The molecule has 1 N–H and O–H groups in total. The summed E-state index contributed by atoms with van der Waals surface area (Å²) in [6, 6.07) is 3.02. The molecular formula is C8H3ClF3NO. The van der Waals surface area contributed by atoms with E-state index in [2.05, 4.69) is 0 Å². The van der Waals surface area contributed by atoms with E-state index < -0.39 is 22.5 Å². The average Bonchev–Trinajstić information content (AvgIpc) is 2.07. The van der Waals surface area contributed by atoms with E-state index >= 15 is 0 Å². The molecule has 0 radical (unpaired) electrons. The highest BCUT2D eigenvalue weighted by atomic mass is 35.5. The number of benzene rings is 1. The maximum Gasteiger partial charge on any atom is 0.420 e. The number of aromatic hydroxyl groups is 1. The van der Waals surface area contributed by atoms with Gasteiger partial charge < -0.3 is 5.11 Å². The Morgan fingerprint density at radius 1 is 1.36 bits per heavy atom. The van der Waals surface area contributed by atoms with Crippen molar-refractivity contribution in [3.63, 3.8) is 0 Å². The third-order valence-electron chi connectivity index (χ3n) is 1.50. The molecule has 0 aliphatic heterocycles. The lowest BCUT2D eigenvalue weighted by Gasteiger charge is -2.09. The van der Waals surface area contributed by atoms with Crippen LogP contribution in [0.2, 0.25) is 5.02 Å². The van der Waals surface area contributed by atoms with Crippen LogP contribution in [-0.2, 0) is 6.18 Å². The summed E-state index contributed by atoms with van der Waals surface area (Å²) in [6.07, 6.45) is -4.72. The number of hydrogen-bond donors (Lipinski definition) is 1. The highest BCUT2D eigenvalue weighted by Gasteiger charge is 2.35. The monoisotopic (exact) mass is 221 g/mol. The zero-order chi connectivity index (χ0) is 10.9. The smallest absolute Gasteiger partial charge is 0.420 e. The second kappa shape index (κ2) is 3.39. The van der Waals surface area contributed by atoms with Crippen molar-refractivity contribution in [2.45, 2.75) is 6.18 Å². The summed E-state index contributed by atoms with van der Waals surface area (Å²) in [5.74, 6) is -1.06. The van der Waals surface area contributed by atoms with Crippen LogP contribution in [0.15, 0.2) is 12.1 Å². The van der Waals surface area contributed by atoms with E-state index in [1.54, 1.807) is 0 Å². The number of nitriles is 1. The van der Waals surface area contributed by atoms with E-state index in [-0.39, 0.29) is 5.56 Å². The molecule has 0 aliphatic carbocycles. The van der Waals surface area contributed by atoms with E-state index in [0.29, 0.717) is 6.07 Å². The fourth-order valence-corrected chi connectivity index (χ4v) is 1.10. The summed E-state index contributed by atoms with van der Waals surface area (Å²) in [7, 11) is 0. The molecule has 0 aromatic heterocycles. The first kappa shape index (κ1) is 10.7. The summed E-state index contributed by atoms with van der Waals surface area (Å²) >= 11 is 5.30. The Hall–Kier alpha value is -1.41. The van der Waals surface area contributed by atoms with Gasteiger partial charge in [-0.2, -0.15) is 18.4 Å². The van der Waals surface area contributed by atoms with Gasteiger partial charge in [-0.3, -0.25) is 0 Å². The normalized spacial score (nSPS) is 11.1. The van der Waals surface area contributed by atoms with Crippen molar-refractivity contribution in [3.8, 4) is 11.8 Å². The Balaban J connectivity index is 3.44. The lowest BCUT2D eigenvalue weighted by Crippen LogP contribution is -2.05. The first-order valence-corrected chi connectivity index (χ1v) is 3.74. The summed E-state index contributed by atoms with van der Waals surface area (Å²) in [4.78, 5) is 0. The van der Waals surface area contributed by atoms with Crippen molar-refractivity contribution in [3.05, 3.63) is 28.3 Å². The molecule has 0 spiro atoms. The van der Waals surface area contributed by atoms with Crippen LogP contribution in [0.1, 0.15) is 11.1 Å². The molecule has 0 unspecified atom stereocenters. The molecule has 0 fully saturated rings. The van der Waals surface area contributed by atoms with Gasteiger partial charge in [0.15, 0.2) is 0 Å². The van der Waals surface area contributed by atoms with Gasteiger partial charge in [0.25, 0.3) is 0 Å². The molecule has 6 heteroatoms. The zero-order valence-corrected chi connectivity index (χ0v) is 7.32. The van der Waals surface area contributed by atoms with Crippen LogP contribution >= 0.6 is 11.6 Å². The Kier molecular flexibility index (Phi) is 2.58. The molecule has 1 rings (SSSR count). The lowest BCUT2D eigenvalue weighted by atomic mass is 10.1. The first-order chi connectivity index (χ1) is 6.36. The van der Waals surface area contributed by atoms with Crippen molar-refractivity contribution in [1.29, 1.82) is 5.26 Å². The van der Waals surface area contributed by atoms with Crippen molar-refractivity contribution >= 4 is 11.6 Å². The summed E-state index contributed by atoms with van der Waals surface area (Å²) in [5.41, 5.74) is -1.55. The SMILES string of the molecule is N#Cc1cc(Cl)c(O)c(C(F)(F)F)c1. The van der Waals surface area contributed by atoms with Gasteiger partial charge >= 0.3 is 6.18 Å². The molecule has 0 saturated heterocycles. The second-order valence-corrected chi connectivity index (χ2v) is 2.87. The van der Waals surface area contributed by atoms with Crippen LogP contribution in [0, 0.1) is 11.3 Å². The summed E-state index contributed by atoms with van der Waals surface area (Å²) < 4.78 is 36.7. The van der Waals surface area contributed by atoms with Crippen LogP contribution < -0.4 is 0 Å². The molecule has 0 atom stereocenters. The van der Waals surface area contributed by atoms with E-state index in [0.717, 1.165) is 6.07 Å². The predicted octanol–water partition coefficient (Wildman–Crippen LogP) is 2.94. The Morgan fingerprint density at radius 3 is 2.36 bits per heavy atom. The summed E-state index contributed by atoms with van der Waals surface area (Å²) in [6.45, 7) is 0. The lowest BCUT2D eigenvalue weighted by molar-refractivity contribution is -0.138. The molecule has 1 aromatic rings. The quantitative estimate of drug-likeness (QED) is 0.732. The molecule has 2 nitrogen and oxygen atoms in total. The standard InChI is InChI=1S/C8H3ClF3NO/c9-6-2-4(3-13)1-5(7(6)14)8(10,11)12/h1-2,14H. The highest BCUT2D eigenvalue weighted by molar-refractivity contribution is 6.32. The van der Waals surface area contributed by atoms with Crippen LogP contribution in [0.4, 0.5) is 13.2 Å². The number of nitrogens with zero attached hydrogens (tertiary/aromatic N) is 1. The van der Waals surface area contributed by atoms with Crippen molar-refractivity contribution in [1.82, 2.24) is 0 Å². The zero-order valence-electron chi connectivity index (χ0n) is 6.56. The first-order valence-electron chi connectivity index (χ1n) is 3.36. The molecule has 0 bridgehead atoms. The van der Waals surface area contributed by atoms with Gasteiger partial charge in [-0.15, -0.1) is 0 Å². The third kappa shape index (κ3) is 1.91. The number of halogens is 4. The molecular weight excluding hydrogens is 219 g/mol. The van der Waals surface area contributed by atoms with Crippen molar-refractivity contribution < 1.29 is 18.3 Å². The van der Waals surface area contributed by atoms with Gasteiger partial charge in [-0.1, -0.05) is 11.6 Å². The minimum absolute atomic E-state index is 0.250. The van der Waals surface area contributed by atoms with Gasteiger partial charge in [-0.25, -0.2) is 0 Å². The molecule has 74 valence electrons. The Morgan fingerprint density at radius 2 is 1.93 bits per heavy atom. The molecule has 0 heterocycles. The van der Waals surface area contributed by atoms with Gasteiger partial charge in [0.05, 0.1) is 16.7 Å². The van der Waals surface area contributed by atoms with E-state index in [1.807, 2.05) is 0 Å². The Bertz CT molecular complexity index is 408.